The molecule has 0 aliphatic carbocycles. The van der Waals surface area contributed by atoms with Gasteiger partial charge in [-0.15, -0.1) is 21.5 Å². The van der Waals surface area contributed by atoms with Crippen LogP contribution in [0.4, 0.5) is 5.69 Å². The molecule has 1 amide bonds. The Morgan fingerprint density at radius 1 is 1.02 bits per heavy atom. The van der Waals surface area contributed by atoms with Gasteiger partial charge < -0.3 is 15.8 Å². The first-order valence-electron chi connectivity index (χ1n) is 14.7. The van der Waals surface area contributed by atoms with Crippen molar-refractivity contribution in [3.8, 4) is 5.00 Å². The number of nitrogens with two attached hydrogens (primary N) is 1. The number of carbonyl (C=O) groups excluding carboxylic acids is 2. The number of nitrogen functional groups attached to an aromatic ring is 1. The van der Waals surface area contributed by atoms with Crippen molar-refractivity contribution in [1.29, 1.82) is 0 Å². The molecular weight excluding hydrogens is 643 g/mol. The van der Waals surface area contributed by atoms with E-state index in [1.807, 2.05) is 59.2 Å². The second-order valence-electron chi connectivity index (χ2n) is 10.7. The fraction of sp³-hybridized carbons (Fsp3) is 0.206. The number of thiophene rings is 1. The number of carbonyl (C=O) groups is 2. The molecule has 0 bridgehead atoms. The van der Waals surface area contributed by atoms with E-state index in [0.717, 1.165) is 38.7 Å². The van der Waals surface area contributed by atoms with E-state index in [1.165, 1.54) is 6.07 Å². The van der Waals surface area contributed by atoms with Gasteiger partial charge in [0.05, 0.1) is 17.3 Å². The molecule has 0 saturated heterocycles. The molecule has 234 valence electrons. The van der Waals surface area contributed by atoms with Gasteiger partial charge in [-0.05, 0) is 48.7 Å². The molecule has 0 saturated carbocycles. The predicted molar refractivity (Wildman–Crippen MR) is 181 cm³/mol. The zero-order valence-corrected chi connectivity index (χ0v) is 27.2. The number of nitrogens with zero attached hydrogens (tertiary/aromatic N) is 4. The summed E-state index contributed by atoms with van der Waals surface area (Å²) >= 11 is 14.3. The van der Waals surface area contributed by atoms with Crippen LogP contribution in [-0.2, 0) is 29.1 Å². The number of rotatable bonds is 10. The van der Waals surface area contributed by atoms with Crippen LogP contribution in [0.5, 0.6) is 0 Å². The lowest BCUT2D eigenvalue weighted by atomic mass is 10.0. The number of aryl methyl sites for hydroxylation is 1. The maximum atomic E-state index is 13.6. The number of ether oxygens (including phenoxy) is 1. The van der Waals surface area contributed by atoms with Crippen molar-refractivity contribution in [2.45, 2.75) is 45.4 Å². The molecule has 3 aromatic carbocycles. The summed E-state index contributed by atoms with van der Waals surface area (Å²) < 4.78 is 7.48. The van der Waals surface area contributed by atoms with Crippen molar-refractivity contribution < 1.29 is 14.3 Å². The molecular formula is C34H30Cl2N6O3S. The molecule has 0 radical (unpaired) electrons. The van der Waals surface area contributed by atoms with Crippen LogP contribution in [-0.4, -0.2) is 32.4 Å². The maximum Gasteiger partial charge on any atom is 0.306 e. The Balaban J connectivity index is 1.35. The minimum atomic E-state index is -0.727. The molecule has 1 aliphatic rings. The monoisotopic (exact) mass is 672 g/mol. The summed E-state index contributed by atoms with van der Waals surface area (Å²) in [6, 6.07) is 23.1. The molecule has 0 spiro atoms. The average Bonchev–Trinajstić information content (AvgIpc) is 3.64. The van der Waals surface area contributed by atoms with Crippen molar-refractivity contribution in [3.05, 3.63) is 128 Å². The summed E-state index contributed by atoms with van der Waals surface area (Å²) in [5, 5.41) is 14.0. The normalized spacial score (nSPS) is 12.8. The van der Waals surface area contributed by atoms with Crippen molar-refractivity contribution in [2.75, 3.05) is 5.73 Å². The van der Waals surface area contributed by atoms with Gasteiger partial charge in [0.2, 0.25) is 0 Å². The number of halogens is 2. The van der Waals surface area contributed by atoms with E-state index in [-0.39, 0.29) is 37.2 Å². The van der Waals surface area contributed by atoms with Crippen LogP contribution >= 0.6 is 34.5 Å². The highest BCUT2D eigenvalue weighted by Gasteiger charge is 2.31. The first kappa shape index (κ1) is 31.5. The lowest BCUT2D eigenvalue weighted by Crippen LogP contribution is -2.31. The lowest BCUT2D eigenvalue weighted by molar-refractivity contribution is -0.145. The van der Waals surface area contributed by atoms with Gasteiger partial charge in [-0.3, -0.25) is 19.1 Å². The van der Waals surface area contributed by atoms with Crippen LogP contribution in [0.25, 0.3) is 5.00 Å². The second kappa shape index (κ2) is 13.9. The molecule has 3 N–H and O–H groups in total. The number of anilines is 1. The quantitative estimate of drug-likeness (QED) is 0.120. The summed E-state index contributed by atoms with van der Waals surface area (Å²) in [4.78, 5) is 32.6. The molecule has 12 heteroatoms. The van der Waals surface area contributed by atoms with Gasteiger partial charge in [0.25, 0.3) is 5.91 Å². The minimum Gasteiger partial charge on any atom is -0.461 e. The van der Waals surface area contributed by atoms with Crippen molar-refractivity contribution in [3.63, 3.8) is 0 Å². The van der Waals surface area contributed by atoms with Gasteiger partial charge in [-0.25, -0.2) is 0 Å². The van der Waals surface area contributed by atoms with Crippen molar-refractivity contribution in [2.24, 2.45) is 4.99 Å². The zero-order valence-electron chi connectivity index (χ0n) is 24.9. The zero-order chi connectivity index (χ0) is 32.2. The van der Waals surface area contributed by atoms with E-state index in [1.54, 1.807) is 23.5 Å². The number of aromatic nitrogens is 3. The molecule has 6 rings (SSSR count). The van der Waals surface area contributed by atoms with Gasteiger partial charge >= 0.3 is 5.97 Å². The molecule has 46 heavy (non-hydrogen) atoms. The van der Waals surface area contributed by atoms with Gasteiger partial charge in [-0.1, -0.05) is 78.7 Å². The lowest BCUT2D eigenvalue weighted by Gasteiger charge is -2.20. The first-order chi connectivity index (χ1) is 22.3. The molecule has 9 nitrogen and oxygen atoms in total. The smallest absolute Gasteiger partial charge is 0.306 e. The molecule has 1 atom stereocenters. The summed E-state index contributed by atoms with van der Waals surface area (Å²) in [6.45, 7) is 2.48. The topological polar surface area (TPSA) is 124 Å². The van der Waals surface area contributed by atoms with Gasteiger partial charge in [0, 0.05) is 38.2 Å². The molecule has 0 unspecified atom stereocenters. The maximum absolute atomic E-state index is 13.6. The second-order valence-corrected chi connectivity index (χ2v) is 12.6. The van der Waals surface area contributed by atoms with Gasteiger partial charge in [0.15, 0.2) is 11.6 Å². The van der Waals surface area contributed by atoms with Crippen LogP contribution in [0.15, 0.2) is 83.9 Å². The van der Waals surface area contributed by atoms with E-state index >= 15 is 0 Å². The number of nitrogens with one attached hydrogen (secondary N) is 1. The first-order valence-corrected chi connectivity index (χ1v) is 16.3. The minimum absolute atomic E-state index is 0.0228. The Bertz CT molecular complexity index is 1940. The Kier molecular flexibility index (Phi) is 9.48. The Morgan fingerprint density at radius 3 is 2.57 bits per heavy atom. The Hall–Kier alpha value is -4.51. The number of amides is 1. The summed E-state index contributed by atoms with van der Waals surface area (Å²) in [5.41, 5.74) is 9.99. The van der Waals surface area contributed by atoms with Crippen LogP contribution in [0.3, 0.4) is 0 Å². The largest absolute Gasteiger partial charge is 0.461 e. The summed E-state index contributed by atoms with van der Waals surface area (Å²) in [7, 11) is 0. The number of hydrogen-bond acceptors (Lipinski definition) is 8. The molecule has 1 aliphatic heterocycles. The molecule has 2 aromatic heterocycles. The Labute approximate surface area is 280 Å². The fourth-order valence-electron chi connectivity index (χ4n) is 5.25. The molecule has 5 aromatic rings. The third kappa shape index (κ3) is 6.69. The van der Waals surface area contributed by atoms with Gasteiger partial charge in [-0.2, -0.15) is 0 Å². The van der Waals surface area contributed by atoms with E-state index in [0.29, 0.717) is 21.7 Å². The van der Waals surface area contributed by atoms with Crippen LogP contribution in [0.1, 0.15) is 69.4 Å². The number of esters is 1. The van der Waals surface area contributed by atoms with E-state index in [2.05, 4.69) is 28.5 Å². The highest BCUT2D eigenvalue weighted by molar-refractivity contribution is 7.15. The van der Waals surface area contributed by atoms with Crippen LogP contribution in [0, 0.1) is 0 Å². The SMILES string of the molecule is CCc1cc2c(s1)-n1c(nnc1[C@@H](CCC(=O)OCc1ccccc1)NC(=O)c1ccc(Cl)cc1N)CN=C2c1ccccc1Cl. The Morgan fingerprint density at radius 2 is 1.80 bits per heavy atom. The third-order valence-corrected chi connectivity index (χ3v) is 9.42. The van der Waals surface area contributed by atoms with Crippen LogP contribution < -0.4 is 11.1 Å². The third-order valence-electron chi connectivity index (χ3n) is 7.59. The highest BCUT2D eigenvalue weighted by Crippen LogP contribution is 2.36. The predicted octanol–water partition coefficient (Wildman–Crippen LogP) is 7.13. The fourth-order valence-corrected chi connectivity index (χ4v) is 6.79. The standard InChI is InChI=1S/C34H30Cl2N6O3S/c1-2-22-17-25-31(23-10-6-7-11-26(23)36)38-18-29-40-41-32(42(29)34(25)46-22)28(39-33(44)24-13-12-21(35)16-27(24)37)14-15-30(43)45-19-20-8-4-3-5-9-20/h3-13,16-17,28H,2,14-15,18-19,37H2,1H3,(H,39,44)/t28-/m1/s1. The van der Waals surface area contributed by atoms with Crippen molar-refractivity contribution in [1.82, 2.24) is 20.1 Å². The van der Waals surface area contributed by atoms with E-state index in [9.17, 15) is 9.59 Å². The highest BCUT2D eigenvalue weighted by atomic mass is 35.5. The van der Waals surface area contributed by atoms with E-state index < -0.39 is 17.9 Å². The number of fused-ring (bicyclic) bond motifs is 3. The van der Waals surface area contributed by atoms with Crippen LogP contribution in [0.2, 0.25) is 10.0 Å². The number of benzene rings is 3. The summed E-state index contributed by atoms with van der Waals surface area (Å²) in [6.07, 6.45) is 1.03. The number of aliphatic imine (C=N–C) groups is 1. The average molecular weight is 674 g/mol. The van der Waals surface area contributed by atoms with Gasteiger partial charge in [0.1, 0.15) is 18.2 Å². The molecule has 3 heterocycles. The van der Waals surface area contributed by atoms with E-state index in [4.69, 9.17) is 38.7 Å². The molecule has 0 fully saturated rings. The summed E-state index contributed by atoms with van der Waals surface area (Å²) in [5.74, 6) is 0.225. The van der Waals surface area contributed by atoms with Crippen molar-refractivity contribution >= 4 is 57.8 Å². The number of hydrogen-bond donors (Lipinski definition) is 2.